The van der Waals surface area contributed by atoms with Crippen LogP contribution in [0, 0.1) is 0 Å². The molecule has 0 aromatic heterocycles. The van der Waals surface area contributed by atoms with E-state index in [0.29, 0.717) is 12.8 Å². The lowest BCUT2D eigenvalue weighted by atomic mass is 10.1. The predicted molar refractivity (Wildman–Crippen MR) is 210 cm³/mol. The van der Waals surface area contributed by atoms with Crippen molar-refractivity contribution < 1.29 is 37.6 Å². The maximum absolute atomic E-state index is 12.5. The smallest absolute Gasteiger partial charge is 0.462 e. The van der Waals surface area contributed by atoms with Gasteiger partial charge in [-0.3, -0.25) is 18.6 Å². The van der Waals surface area contributed by atoms with E-state index in [9.17, 15) is 19.0 Å². The lowest BCUT2D eigenvalue weighted by Crippen LogP contribution is -2.29. The second kappa shape index (κ2) is 37.2. The van der Waals surface area contributed by atoms with E-state index >= 15 is 0 Å². The zero-order valence-electron chi connectivity index (χ0n) is 31.8. The zero-order chi connectivity index (χ0) is 37.5. The molecule has 2 atom stereocenters. The number of carbonyl (C=O) groups is 2. The van der Waals surface area contributed by atoms with Crippen LogP contribution < -0.4 is 5.73 Å². The third kappa shape index (κ3) is 37.0. The van der Waals surface area contributed by atoms with Crippen molar-refractivity contribution in [1.29, 1.82) is 0 Å². The van der Waals surface area contributed by atoms with E-state index in [1.807, 2.05) is 0 Å². The molecule has 0 bridgehead atoms. The van der Waals surface area contributed by atoms with Gasteiger partial charge in [-0.15, -0.1) is 0 Å². The molecule has 10 heteroatoms. The summed E-state index contributed by atoms with van der Waals surface area (Å²) in [4.78, 5) is 34.7. The van der Waals surface area contributed by atoms with Crippen molar-refractivity contribution in [2.75, 3.05) is 26.4 Å². The molecule has 0 rings (SSSR count). The number of hydrogen-bond acceptors (Lipinski definition) is 8. The second-order valence-corrected chi connectivity index (χ2v) is 13.9. The first-order valence-electron chi connectivity index (χ1n) is 19.4. The van der Waals surface area contributed by atoms with E-state index in [1.54, 1.807) is 0 Å². The summed E-state index contributed by atoms with van der Waals surface area (Å²) in [6, 6.07) is 0. The Hall–Kier alpha value is -2.55. The molecule has 0 aliphatic rings. The Kier molecular flexibility index (Phi) is 35.4. The molecule has 0 spiro atoms. The number of phosphoric ester groups is 1. The molecular formula is C41H70NO8P. The van der Waals surface area contributed by atoms with Crippen LogP contribution >= 0.6 is 7.82 Å². The van der Waals surface area contributed by atoms with Gasteiger partial charge in [0.05, 0.1) is 13.2 Å². The molecule has 0 aliphatic carbocycles. The summed E-state index contributed by atoms with van der Waals surface area (Å²) >= 11 is 0. The Morgan fingerprint density at radius 2 is 1.08 bits per heavy atom. The van der Waals surface area contributed by atoms with Gasteiger partial charge in [-0.25, -0.2) is 4.57 Å². The molecule has 0 amide bonds. The van der Waals surface area contributed by atoms with Crippen molar-refractivity contribution in [1.82, 2.24) is 0 Å². The van der Waals surface area contributed by atoms with Gasteiger partial charge in [0.25, 0.3) is 0 Å². The largest absolute Gasteiger partial charge is 0.472 e. The Morgan fingerprint density at radius 1 is 0.608 bits per heavy atom. The molecule has 3 N–H and O–H groups in total. The fourth-order valence-electron chi connectivity index (χ4n) is 4.70. The maximum Gasteiger partial charge on any atom is 0.472 e. The maximum atomic E-state index is 12.5. The quantitative estimate of drug-likeness (QED) is 0.0282. The number of nitrogens with two attached hydrogens (primary N) is 1. The average molecular weight is 736 g/mol. The van der Waals surface area contributed by atoms with E-state index in [2.05, 4.69) is 86.8 Å². The molecule has 0 saturated carbocycles. The minimum absolute atomic E-state index is 0.0436. The van der Waals surface area contributed by atoms with Crippen LogP contribution in [0.15, 0.2) is 72.9 Å². The Bertz CT molecular complexity index is 1070. The first kappa shape index (κ1) is 48.5. The van der Waals surface area contributed by atoms with Crippen molar-refractivity contribution in [2.45, 2.75) is 148 Å². The van der Waals surface area contributed by atoms with Crippen LogP contribution in [0.2, 0.25) is 0 Å². The number of ether oxygens (including phenoxy) is 2. The molecule has 0 aliphatic heterocycles. The highest BCUT2D eigenvalue weighted by Gasteiger charge is 2.25. The minimum Gasteiger partial charge on any atom is -0.462 e. The van der Waals surface area contributed by atoms with Crippen molar-refractivity contribution in [2.24, 2.45) is 5.73 Å². The molecule has 51 heavy (non-hydrogen) atoms. The Labute approximate surface area is 310 Å². The third-order valence-electron chi connectivity index (χ3n) is 7.58. The number of rotatable bonds is 35. The number of esters is 2. The van der Waals surface area contributed by atoms with Crippen LogP contribution in [0.3, 0.4) is 0 Å². The van der Waals surface area contributed by atoms with Crippen LogP contribution in [0.5, 0.6) is 0 Å². The normalized spacial score (nSPS) is 14.2. The average Bonchev–Trinajstić information content (AvgIpc) is 3.11. The van der Waals surface area contributed by atoms with Gasteiger partial charge in [0, 0.05) is 19.4 Å². The SMILES string of the molecule is CC/C=C/C/C=C/C/C=C/C/C=C/C/C=C/CCCCCC(=O)OC[C@@H](COP(=O)(O)OCCN)OC(=O)CCCCCCC/C=C/CCCC. The predicted octanol–water partition coefficient (Wildman–Crippen LogP) is 10.7. The Balaban J connectivity index is 4.28. The molecule has 0 aromatic carbocycles. The molecule has 0 radical (unpaired) electrons. The highest BCUT2D eigenvalue weighted by molar-refractivity contribution is 7.47. The third-order valence-corrected chi connectivity index (χ3v) is 8.56. The van der Waals surface area contributed by atoms with Gasteiger partial charge in [-0.05, 0) is 77.0 Å². The molecular weight excluding hydrogens is 665 g/mol. The lowest BCUT2D eigenvalue weighted by Gasteiger charge is -2.19. The number of hydrogen-bond donors (Lipinski definition) is 2. The van der Waals surface area contributed by atoms with Gasteiger partial charge in [0.2, 0.25) is 0 Å². The minimum atomic E-state index is -4.38. The summed E-state index contributed by atoms with van der Waals surface area (Å²) in [5.74, 6) is -0.887. The van der Waals surface area contributed by atoms with Gasteiger partial charge in [0.15, 0.2) is 6.10 Å². The zero-order valence-corrected chi connectivity index (χ0v) is 32.7. The van der Waals surface area contributed by atoms with Gasteiger partial charge in [0.1, 0.15) is 6.61 Å². The standard InChI is InChI=1S/C41H70NO8P/c1-3-5-7-9-11-13-15-16-17-18-19-20-21-22-24-25-27-29-31-33-40(43)47-37-39(38-49-51(45,46)48-36-35-42)50-41(44)34-32-30-28-26-23-14-12-10-8-6-4-2/h5,7,10-13,16-17,19-20,22,24,39H,3-4,6,8-9,14-15,18,21,23,25-38,42H2,1-2H3,(H,45,46)/b7-5+,12-10+,13-11+,17-16+,20-19+,24-22+/t39-/m0/s1. The van der Waals surface area contributed by atoms with Gasteiger partial charge < -0.3 is 20.1 Å². The van der Waals surface area contributed by atoms with Crippen molar-refractivity contribution in [3.63, 3.8) is 0 Å². The van der Waals surface area contributed by atoms with Crippen LogP contribution in [-0.2, 0) is 32.7 Å². The molecule has 0 aromatic rings. The molecule has 1 unspecified atom stereocenters. The van der Waals surface area contributed by atoms with Crippen LogP contribution in [0.1, 0.15) is 142 Å². The van der Waals surface area contributed by atoms with E-state index in [1.165, 1.54) is 12.8 Å². The fraction of sp³-hybridized carbons (Fsp3) is 0.659. The fourth-order valence-corrected chi connectivity index (χ4v) is 5.46. The van der Waals surface area contributed by atoms with E-state index < -0.39 is 32.5 Å². The van der Waals surface area contributed by atoms with Crippen LogP contribution in [0.25, 0.3) is 0 Å². The summed E-state index contributed by atoms with van der Waals surface area (Å²) in [5, 5.41) is 0. The van der Waals surface area contributed by atoms with E-state index in [0.717, 1.165) is 89.9 Å². The van der Waals surface area contributed by atoms with Gasteiger partial charge >= 0.3 is 19.8 Å². The molecule has 292 valence electrons. The first-order chi connectivity index (χ1) is 24.8. The molecule has 9 nitrogen and oxygen atoms in total. The van der Waals surface area contributed by atoms with Gasteiger partial charge in [-0.1, -0.05) is 125 Å². The van der Waals surface area contributed by atoms with Gasteiger partial charge in [-0.2, -0.15) is 0 Å². The molecule has 0 heterocycles. The monoisotopic (exact) mass is 735 g/mol. The van der Waals surface area contributed by atoms with Crippen molar-refractivity contribution in [3.05, 3.63) is 72.9 Å². The van der Waals surface area contributed by atoms with Crippen LogP contribution in [-0.4, -0.2) is 49.3 Å². The highest BCUT2D eigenvalue weighted by atomic mass is 31.2. The van der Waals surface area contributed by atoms with E-state index in [4.69, 9.17) is 24.3 Å². The highest BCUT2D eigenvalue weighted by Crippen LogP contribution is 2.43. The number of carbonyl (C=O) groups excluding carboxylic acids is 2. The van der Waals surface area contributed by atoms with E-state index in [-0.39, 0.29) is 32.6 Å². The first-order valence-corrected chi connectivity index (χ1v) is 20.9. The van der Waals surface area contributed by atoms with Crippen molar-refractivity contribution >= 4 is 19.8 Å². The number of phosphoric acid groups is 1. The number of allylic oxidation sites excluding steroid dienone is 12. The number of unbranched alkanes of at least 4 members (excludes halogenated alkanes) is 10. The summed E-state index contributed by atoms with van der Waals surface area (Å²) < 4.78 is 32.6. The Morgan fingerprint density at radius 3 is 1.65 bits per heavy atom. The van der Waals surface area contributed by atoms with Crippen molar-refractivity contribution in [3.8, 4) is 0 Å². The second-order valence-electron chi connectivity index (χ2n) is 12.4. The summed E-state index contributed by atoms with van der Waals surface area (Å²) in [5.41, 5.74) is 5.33. The summed E-state index contributed by atoms with van der Waals surface area (Å²) in [6.45, 7) is 3.49. The van der Waals surface area contributed by atoms with Crippen LogP contribution in [0.4, 0.5) is 0 Å². The lowest BCUT2D eigenvalue weighted by molar-refractivity contribution is -0.161. The molecule has 0 saturated heterocycles. The molecule has 0 fully saturated rings. The summed E-state index contributed by atoms with van der Waals surface area (Å²) in [7, 11) is -4.38. The summed E-state index contributed by atoms with van der Waals surface area (Å²) in [6.07, 6.45) is 43.6. The topological polar surface area (TPSA) is 134 Å².